The number of piperidine rings is 1. The number of benzene rings is 2. The van der Waals surface area contributed by atoms with Crippen LogP contribution in [-0.4, -0.2) is 25.6 Å². The van der Waals surface area contributed by atoms with Gasteiger partial charge in [-0.3, -0.25) is 0 Å². The van der Waals surface area contributed by atoms with Gasteiger partial charge in [-0.05, 0) is 42.5 Å². The highest BCUT2D eigenvalue weighted by Gasteiger charge is 2.31. The highest BCUT2D eigenvalue weighted by atomic mass is 19.4. The number of halogens is 3. The Labute approximate surface area is 138 Å². The zero-order valence-electron chi connectivity index (χ0n) is 12.9. The molecule has 3 nitrogen and oxygen atoms in total. The maximum atomic E-state index is 12.1. The molecule has 2 aromatic carbocycles. The minimum atomic E-state index is -4.68. The lowest BCUT2D eigenvalue weighted by Crippen LogP contribution is -2.38. The summed E-state index contributed by atoms with van der Waals surface area (Å²) in [7, 11) is 0. The van der Waals surface area contributed by atoms with Gasteiger partial charge in [0.1, 0.15) is 17.6 Å². The van der Waals surface area contributed by atoms with Crippen molar-refractivity contribution in [2.24, 2.45) is 0 Å². The van der Waals surface area contributed by atoms with Crippen molar-refractivity contribution in [2.45, 2.75) is 25.3 Å². The van der Waals surface area contributed by atoms with Gasteiger partial charge in [-0.25, -0.2) is 0 Å². The van der Waals surface area contributed by atoms with Crippen LogP contribution in [0.5, 0.6) is 11.5 Å². The Bertz CT molecular complexity index is 636. The quantitative estimate of drug-likeness (QED) is 0.824. The van der Waals surface area contributed by atoms with Gasteiger partial charge in [0.15, 0.2) is 0 Å². The molecule has 1 radical (unpaired) electrons. The van der Waals surface area contributed by atoms with Crippen LogP contribution in [0.3, 0.4) is 0 Å². The molecule has 2 aromatic rings. The van der Waals surface area contributed by atoms with Crippen LogP contribution in [0.2, 0.25) is 0 Å². The fourth-order valence-electron chi connectivity index (χ4n) is 2.72. The molecule has 0 atom stereocenters. The third kappa shape index (κ3) is 4.57. The van der Waals surface area contributed by atoms with Crippen LogP contribution in [-0.2, 0) is 0 Å². The Hall–Kier alpha value is -2.37. The smallest absolute Gasteiger partial charge is 0.490 e. The Balaban J connectivity index is 1.51. The molecular formula is C18H17F3NO2. The molecule has 0 aliphatic carbocycles. The number of anilines is 1. The number of hydrogen-bond donors (Lipinski definition) is 0. The highest BCUT2D eigenvalue weighted by Crippen LogP contribution is 2.27. The van der Waals surface area contributed by atoms with Crippen LogP contribution in [0.1, 0.15) is 12.8 Å². The van der Waals surface area contributed by atoms with E-state index in [-0.39, 0.29) is 11.9 Å². The summed E-state index contributed by atoms with van der Waals surface area (Å²) in [6.07, 6.45) is -2.90. The van der Waals surface area contributed by atoms with Crippen LogP contribution in [0.25, 0.3) is 0 Å². The molecule has 1 fully saturated rings. The molecule has 1 aliphatic rings. The summed E-state index contributed by atoms with van der Waals surface area (Å²) in [4.78, 5) is 2.27. The van der Waals surface area contributed by atoms with Crippen molar-refractivity contribution in [2.75, 3.05) is 18.0 Å². The second kappa shape index (κ2) is 7.03. The molecular weight excluding hydrogens is 319 g/mol. The van der Waals surface area contributed by atoms with E-state index in [4.69, 9.17) is 4.74 Å². The molecule has 24 heavy (non-hydrogen) atoms. The standard InChI is InChI=1S/C18H17F3NO2/c19-18(20,21)24-17-8-6-15(7-9-17)23-16-10-12-22(13-11-16)14-4-2-1-3-5-14/h1-2,4-9,16H,10-13H2. The average molecular weight is 336 g/mol. The van der Waals surface area contributed by atoms with E-state index in [2.05, 4.69) is 21.8 Å². The van der Waals surface area contributed by atoms with E-state index in [9.17, 15) is 13.2 Å². The average Bonchev–Trinajstić information content (AvgIpc) is 2.57. The molecule has 0 bridgehead atoms. The van der Waals surface area contributed by atoms with Crippen molar-refractivity contribution in [1.82, 2.24) is 0 Å². The lowest BCUT2D eigenvalue weighted by molar-refractivity contribution is -0.274. The van der Waals surface area contributed by atoms with E-state index in [0.29, 0.717) is 5.75 Å². The van der Waals surface area contributed by atoms with Gasteiger partial charge in [-0.2, -0.15) is 0 Å². The van der Waals surface area contributed by atoms with Crippen LogP contribution in [0.15, 0.2) is 48.5 Å². The van der Waals surface area contributed by atoms with E-state index < -0.39 is 6.36 Å². The third-order valence-electron chi connectivity index (χ3n) is 3.86. The molecule has 3 rings (SSSR count). The minimum absolute atomic E-state index is 0.0586. The van der Waals surface area contributed by atoms with Crippen molar-refractivity contribution in [3.63, 3.8) is 0 Å². The van der Waals surface area contributed by atoms with Crippen LogP contribution < -0.4 is 14.4 Å². The van der Waals surface area contributed by atoms with Crippen molar-refractivity contribution < 1.29 is 22.6 Å². The summed E-state index contributed by atoms with van der Waals surface area (Å²) in [5, 5.41) is 0. The van der Waals surface area contributed by atoms with Crippen molar-refractivity contribution in [3.05, 3.63) is 54.6 Å². The highest BCUT2D eigenvalue weighted by molar-refractivity contribution is 5.46. The first kappa shape index (κ1) is 16.5. The van der Waals surface area contributed by atoms with E-state index in [0.717, 1.165) is 31.6 Å². The molecule has 6 heteroatoms. The fourth-order valence-corrected chi connectivity index (χ4v) is 2.72. The summed E-state index contributed by atoms with van der Waals surface area (Å²) < 4.78 is 46.1. The van der Waals surface area contributed by atoms with E-state index in [1.165, 1.54) is 24.3 Å². The van der Waals surface area contributed by atoms with Crippen molar-refractivity contribution >= 4 is 5.69 Å². The molecule has 0 N–H and O–H groups in total. The van der Waals surface area contributed by atoms with E-state index >= 15 is 0 Å². The minimum Gasteiger partial charge on any atom is -0.490 e. The summed E-state index contributed by atoms with van der Waals surface area (Å²) in [5.74, 6) is 0.306. The second-order valence-corrected chi connectivity index (χ2v) is 5.59. The Kier molecular flexibility index (Phi) is 4.83. The number of alkyl halides is 3. The van der Waals surface area contributed by atoms with Gasteiger partial charge < -0.3 is 14.4 Å². The zero-order valence-corrected chi connectivity index (χ0v) is 12.9. The fraction of sp³-hybridized carbons (Fsp3) is 0.333. The van der Waals surface area contributed by atoms with Gasteiger partial charge in [-0.15, -0.1) is 13.2 Å². The summed E-state index contributed by atoms with van der Waals surface area (Å²) >= 11 is 0. The lowest BCUT2D eigenvalue weighted by Gasteiger charge is -2.33. The summed E-state index contributed by atoms with van der Waals surface area (Å²) in [5.41, 5.74) is 1.14. The van der Waals surface area contributed by atoms with Gasteiger partial charge in [0.25, 0.3) is 0 Å². The Morgan fingerprint density at radius 1 is 1.00 bits per heavy atom. The first-order valence-corrected chi connectivity index (χ1v) is 7.73. The van der Waals surface area contributed by atoms with Gasteiger partial charge in [0.2, 0.25) is 0 Å². The van der Waals surface area contributed by atoms with Crippen LogP contribution >= 0.6 is 0 Å². The Morgan fingerprint density at radius 2 is 1.67 bits per heavy atom. The molecule has 0 unspecified atom stereocenters. The predicted molar refractivity (Wildman–Crippen MR) is 84.3 cm³/mol. The van der Waals surface area contributed by atoms with Crippen molar-refractivity contribution in [1.29, 1.82) is 0 Å². The number of rotatable bonds is 4. The first-order valence-electron chi connectivity index (χ1n) is 7.73. The van der Waals surface area contributed by atoms with Gasteiger partial charge in [0.05, 0.1) is 0 Å². The third-order valence-corrected chi connectivity index (χ3v) is 3.86. The number of ether oxygens (including phenoxy) is 2. The zero-order chi connectivity index (χ0) is 17.0. The number of nitrogens with zero attached hydrogens (tertiary/aromatic N) is 1. The first-order chi connectivity index (χ1) is 11.5. The second-order valence-electron chi connectivity index (χ2n) is 5.59. The lowest BCUT2D eigenvalue weighted by atomic mass is 10.1. The normalized spacial score (nSPS) is 16.0. The molecule has 0 aromatic heterocycles. The SMILES string of the molecule is FC(F)(F)Oc1ccc(OC2CCN(c3c[c]ccc3)CC2)cc1. The summed E-state index contributed by atoms with van der Waals surface area (Å²) in [6.45, 7) is 1.75. The van der Waals surface area contributed by atoms with Crippen LogP contribution in [0.4, 0.5) is 18.9 Å². The topological polar surface area (TPSA) is 21.7 Å². The largest absolute Gasteiger partial charge is 0.573 e. The monoisotopic (exact) mass is 336 g/mol. The van der Waals surface area contributed by atoms with E-state index in [1.54, 1.807) is 0 Å². The molecule has 127 valence electrons. The number of hydrogen-bond acceptors (Lipinski definition) is 3. The van der Waals surface area contributed by atoms with Gasteiger partial charge in [-0.1, -0.05) is 12.1 Å². The van der Waals surface area contributed by atoms with Gasteiger partial charge in [0, 0.05) is 31.6 Å². The van der Waals surface area contributed by atoms with Crippen LogP contribution in [0, 0.1) is 6.07 Å². The summed E-state index contributed by atoms with van der Waals surface area (Å²) in [6, 6.07) is 16.4. The molecule has 1 saturated heterocycles. The molecule has 0 spiro atoms. The molecule has 0 amide bonds. The van der Waals surface area contributed by atoms with Crippen molar-refractivity contribution in [3.8, 4) is 11.5 Å². The Morgan fingerprint density at radius 3 is 2.25 bits per heavy atom. The maximum absolute atomic E-state index is 12.1. The predicted octanol–water partition coefficient (Wildman–Crippen LogP) is 4.43. The molecule has 1 aliphatic heterocycles. The molecule has 0 saturated carbocycles. The molecule has 1 heterocycles. The van der Waals surface area contributed by atoms with E-state index in [1.807, 2.05) is 18.2 Å². The maximum Gasteiger partial charge on any atom is 0.573 e. The van der Waals surface area contributed by atoms with Gasteiger partial charge >= 0.3 is 6.36 Å².